The molecular weight excluding hydrogens is 164 g/mol. The van der Waals surface area contributed by atoms with Gasteiger partial charge in [-0.25, -0.2) is 0 Å². The van der Waals surface area contributed by atoms with Crippen LogP contribution >= 0.6 is 0 Å². The van der Waals surface area contributed by atoms with Gasteiger partial charge in [-0.2, -0.15) is 0 Å². The first-order valence-corrected chi connectivity index (χ1v) is 4.07. The van der Waals surface area contributed by atoms with Gasteiger partial charge < -0.3 is 9.84 Å². The Morgan fingerprint density at radius 1 is 1.15 bits per heavy atom. The highest BCUT2D eigenvalue weighted by Gasteiger charge is 2.01. The van der Waals surface area contributed by atoms with Gasteiger partial charge in [0.15, 0.2) is 0 Å². The van der Waals surface area contributed by atoms with Gasteiger partial charge in [0, 0.05) is 11.5 Å². The van der Waals surface area contributed by atoms with Crippen LogP contribution in [0.3, 0.4) is 0 Å². The highest BCUT2D eigenvalue weighted by Crippen LogP contribution is 2.29. The van der Waals surface area contributed by atoms with Crippen molar-refractivity contribution in [3.05, 3.63) is 36.4 Å². The van der Waals surface area contributed by atoms with Crippen molar-refractivity contribution in [3.8, 4) is 11.5 Å². The fraction of sp³-hybridized carbons (Fsp3) is 0.0909. The third-order valence-corrected chi connectivity index (χ3v) is 2.03. The van der Waals surface area contributed by atoms with E-state index in [9.17, 15) is 5.11 Å². The fourth-order valence-electron chi connectivity index (χ4n) is 1.43. The van der Waals surface area contributed by atoms with Gasteiger partial charge in [0.05, 0.1) is 7.11 Å². The van der Waals surface area contributed by atoms with Crippen LogP contribution in [0.4, 0.5) is 0 Å². The van der Waals surface area contributed by atoms with Crippen LogP contribution in [0.1, 0.15) is 0 Å². The van der Waals surface area contributed by atoms with E-state index < -0.39 is 0 Å². The first-order chi connectivity index (χ1) is 6.31. The monoisotopic (exact) mass is 174 g/mol. The Balaban J connectivity index is 2.81. The van der Waals surface area contributed by atoms with E-state index >= 15 is 0 Å². The number of hydrogen-bond acceptors (Lipinski definition) is 2. The molecule has 0 atom stereocenters. The minimum atomic E-state index is 0.232. The molecule has 0 spiro atoms. The van der Waals surface area contributed by atoms with Crippen molar-refractivity contribution >= 4 is 10.8 Å². The van der Waals surface area contributed by atoms with Gasteiger partial charge in [-0.3, -0.25) is 0 Å². The highest BCUT2D eigenvalue weighted by molar-refractivity contribution is 5.89. The number of methoxy groups -OCH3 is 1. The standard InChI is InChI=1S/C11H10O2/c1-13-11-7-9(12)6-8-4-2-3-5-10(8)11/h2-7,12H,1H3. The van der Waals surface area contributed by atoms with Crippen molar-refractivity contribution in [1.82, 2.24) is 0 Å². The topological polar surface area (TPSA) is 29.5 Å². The molecule has 0 aromatic heterocycles. The van der Waals surface area contributed by atoms with Crippen LogP contribution in [0.2, 0.25) is 0 Å². The van der Waals surface area contributed by atoms with Crippen LogP contribution in [0.15, 0.2) is 36.4 Å². The highest BCUT2D eigenvalue weighted by atomic mass is 16.5. The van der Waals surface area contributed by atoms with Crippen LogP contribution < -0.4 is 4.74 Å². The van der Waals surface area contributed by atoms with Crippen LogP contribution in [0.5, 0.6) is 11.5 Å². The Morgan fingerprint density at radius 2 is 1.92 bits per heavy atom. The molecule has 2 heteroatoms. The molecule has 2 nitrogen and oxygen atoms in total. The van der Waals surface area contributed by atoms with Crippen molar-refractivity contribution in [2.24, 2.45) is 0 Å². The minimum absolute atomic E-state index is 0.232. The number of aromatic hydroxyl groups is 1. The van der Waals surface area contributed by atoms with Crippen molar-refractivity contribution in [2.45, 2.75) is 0 Å². The molecule has 13 heavy (non-hydrogen) atoms. The molecular formula is C11H10O2. The third kappa shape index (κ3) is 1.31. The summed E-state index contributed by atoms with van der Waals surface area (Å²) in [5, 5.41) is 11.4. The lowest BCUT2D eigenvalue weighted by molar-refractivity contribution is 0.413. The maximum absolute atomic E-state index is 9.36. The number of phenols is 1. The zero-order valence-corrected chi connectivity index (χ0v) is 7.32. The van der Waals surface area contributed by atoms with Gasteiger partial charge in [-0.15, -0.1) is 0 Å². The molecule has 0 aliphatic heterocycles. The predicted octanol–water partition coefficient (Wildman–Crippen LogP) is 2.55. The summed E-state index contributed by atoms with van der Waals surface area (Å²) in [7, 11) is 1.60. The summed E-state index contributed by atoms with van der Waals surface area (Å²) in [6.45, 7) is 0. The van der Waals surface area contributed by atoms with Gasteiger partial charge in [-0.05, 0) is 11.5 Å². The first kappa shape index (κ1) is 7.92. The SMILES string of the molecule is COc1cc(O)cc2ccccc12. The van der Waals surface area contributed by atoms with E-state index in [1.807, 2.05) is 24.3 Å². The predicted molar refractivity (Wildman–Crippen MR) is 52.2 cm³/mol. The van der Waals surface area contributed by atoms with E-state index in [0.29, 0.717) is 5.75 Å². The molecule has 1 N–H and O–H groups in total. The first-order valence-electron chi connectivity index (χ1n) is 4.07. The number of ether oxygens (including phenoxy) is 1. The van der Waals surface area contributed by atoms with E-state index in [1.54, 1.807) is 19.2 Å². The number of rotatable bonds is 1. The molecule has 0 unspecified atom stereocenters. The molecule has 2 aromatic carbocycles. The Kier molecular flexibility index (Phi) is 1.81. The minimum Gasteiger partial charge on any atom is -0.508 e. The van der Waals surface area contributed by atoms with E-state index in [4.69, 9.17) is 4.74 Å². The summed E-state index contributed by atoms with van der Waals surface area (Å²) in [6, 6.07) is 11.1. The maximum Gasteiger partial charge on any atom is 0.130 e. The number of fused-ring (bicyclic) bond motifs is 1. The average molecular weight is 174 g/mol. The van der Waals surface area contributed by atoms with E-state index in [0.717, 1.165) is 10.8 Å². The van der Waals surface area contributed by atoms with Crippen molar-refractivity contribution in [3.63, 3.8) is 0 Å². The normalized spacial score (nSPS) is 10.2. The Morgan fingerprint density at radius 3 is 2.69 bits per heavy atom. The van der Waals surface area contributed by atoms with Crippen LogP contribution in [-0.2, 0) is 0 Å². The quantitative estimate of drug-likeness (QED) is 0.719. The molecule has 0 fully saturated rings. The van der Waals surface area contributed by atoms with Gasteiger partial charge >= 0.3 is 0 Å². The summed E-state index contributed by atoms with van der Waals surface area (Å²) in [5.74, 6) is 0.936. The molecule has 2 aromatic rings. The molecule has 66 valence electrons. The van der Waals surface area contributed by atoms with E-state index in [-0.39, 0.29) is 5.75 Å². The van der Waals surface area contributed by atoms with Crippen LogP contribution in [-0.4, -0.2) is 12.2 Å². The molecule has 0 amide bonds. The van der Waals surface area contributed by atoms with Gasteiger partial charge in [0.1, 0.15) is 11.5 Å². The molecule has 0 bridgehead atoms. The van der Waals surface area contributed by atoms with Gasteiger partial charge in [-0.1, -0.05) is 24.3 Å². The summed E-state index contributed by atoms with van der Waals surface area (Å²) in [6.07, 6.45) is 0. The zero-order chi connectivity index (χ0) is 9.26. The lowest BCUT2D eigenvalue weighted by Gasteiger charge is -2.05. The molecule has 0 aliphatic rings. The maximum atomic E-state index is 9.36. The smallest absolute Gasteiger partial charge is 0.130 e. The molecule has 0 radical (unpaired) electrons. The van der Waals surface area contributed by atoms with Crippen molar-refractivity contribution in [1.29, 1.82) is 0 Å². The number of benzene rings is 2. The molecule has 0 saturated heterocycles. The zero-order valence-electron chi connectivity index (χ0n) is 7.32. The second kappa shape index (κ2) is 2.98. The largest absolute Gasteiger partial charge is 0.508 e. The van der Waals surface area contributed by atoms with Gasteiger partial charge in [0.25, 0.3) is 0 Å². The third-order valence-electron chi connectivity index (χ3n) is 2.03. The van der Waals surface area contributed by atoms with Crippen LogP contribution in [0, 0.1) is 0 Å². The Labute approximate surface area is 76.4 Å². The second-order valence-electron chi connectivity index (χ2n) is 2.87. The molecule has 0 heterocycles. The summed E-state index contributed by atoms with van der Waals surface area (Å²) in [4.78, 5) is 0. The van der Waals surface area contributed by atoms with Gasteiger partial charge in [0.2, 0.25) is 0 Å². The summed E-state index contributed by atoms with van der Waals surface area (Å²) in [5.41, 5.74) is 0. The summed E-state index contributed by atoms with van der Waals surface area (Å²) < 4.78 is 5.15. The number of phenolic OH excluding ortho intramolecular Hbond substituents is 1. The molecule has 0 saturated carbocycles. The second-order valence-corrected chi connectivity index (χ2v) is 2.87. The van der Waals surface area contributed by atoms with Crippen molar-refractivity contribution in [2.75, 3.05) is 7.11 Å². The summed E-state index contributed by atoms with van der Waals surface area (Å²) >= 11 is 0. The number of hydrogen-bond donors (Lipinski definition) is 1. The average Bonchev–Trinajstić information content (AvgIpc) is 2.16. The lowest BCUT2D eigenvalue weighted by Crippen LogP contribution is -1.84. The van der Waals surface area contributed by atoms with Crippen LogP contribution in [0.25, 0.3) is 10.8 Å². The fourth-order valence-corrected chi connectivity index (χ4v) is 1.43. The molecule has 2 rings (SSSR count). The van der Waals surface area contributed by atoms with E-state index in [1.165, 1.54) is 0 Å². The van der Waals surface area contributed by atoms with Crippen molar-refractivity contribution < 1.29 is 9.84 Å². The Hall–Kier alpha value is -1.70. The van der Waals surface area contributed by atoms with E-state index in [2.05, 4.69) is 0 Å². The lowest BCUT2D eigenvalue weighted by atomic mass is 10.1. The molecule has 0 aliphatic carbocycles. The Bertz CT molecular complexity index is 435.